The van der Waals surface area contributed by atoms with Crippen molar-refractivity contribution < 1.29 is 31.9 Å². The van der Waals surface area contributed by atoms with Crippen molar-refractivity contribution in [2.24, 2.45) is 0 Å². The quantitative estimate of drug-likeness (QED) is 0.467. The van der Waals surface area contributed by atoms with Crippen LogP contribution in [0.1, 0.15) is 30.1 Å². The number of alkyl halides is 3. The molecule has 0 saturated heterocycles. The molecule has 0 aliphatic heterocycles. The number of hydrogen-bond donors (Lipinski definition) is 0. The minimum atomic E-state index is -5.25. The van der Waals surface area contributed by atoms with Gasteiger partial charge in [0.1, 0.15) is 11.6 Å². The highest BCUT2D eigenvalue weighted by atomic mass is 19.4. The molecule has 24 heavy (non-hydrogen) atoms. The maximum absolute atomic E-state index is 14.1. The summed E-state index contributed by atoms with van der Waals surface area (Å²) in [6.07, 6.45) is -4.03. The second-order valence-corrected chi connectivity index (χ2v) is 4.62. The molecule has 0 bridgehead atoms. The van der Waals surface area contributed by atoms with Gasteiger partial charge in [0.05, 0.1) is 24.9 Å². The third kappa shape index (κ3) is 4.47. The van der Waals surface area contributed by atoms with Crippen LogP contribution in [0.2, 0.25) is 0 Å². The smallest absolute Gasteiger partial charge is 0.471 e. The molecule has 0 radical (unpaired) electrons. The van der Waals surface area contributed by atoms with Gasteiger partial charge in [-0.3, -0.25) is 14.5 Å². The number of benzene rings is 1. The van der Waals surface area contributed by atoms with Crippen LogP contribution in [0, 0.1) is 17.7 Å². The van der Waals surface area contributed by atoms with Crippen molar-refractivity contribution in [1.29, 1.82) is 0 Å². The van der Waals surface area contributed by atoms with Gasteiger partial charge in [-0.2, -0.15) is 13.2 Å². The fourth-order valence-corrected chi connectivity index (χ4v) is 1.88. The van der Waals surface area contributed by atoms with E-state index in [4.69, 9.17) is 4.74 Å². The van der Waals surface area contributed by atoms with E-state index in [2.05, 4.69) is 11.8 Å². The molecule has 0 spiro atoms. The van der Waals surface area contributed by atoms with E-state index in [1.165, 1.54) is 7.11 Å². The zero-order chi connectivity index (χ0) is 18.3. The lowest BCUT2D eigenvalue weighted by Gasteiger charge is -2.24. The molecule has 0 aliphatic rings. The lowest BCUT2D eigenvalue weighted by Crippen LogP contribution is -2.42. The largest absolute Gasteiger partial charge is 0.496 e. The Morgan fingerprint density at radius 3 is 2.50 bits per heavy atom. The van der Waals surface area contributed by atoms with E-state index in [9.17, 15) is 27.2 Å². The number of methoxy groups -OCH3 is 1. The van der Waals surface area contributed by atoms with E-state index >= 15 is 0 Å². The summed E-state index contributed by atoms with van der Waals surface area (Å²) in [6, 6.07) is 1.90. The molecule has 0 saturated carbocycles. The van der Waals surface area contributed by atoms with E-state index < -0.39 is 35.7 Å². The molecule has 130 valence electrons. The summed E-state index contributed by atoms with van der Waals surface area (Å²) >= 11 is 0. The van der Waals surface area contributed by atoms with Crippen LogP contribution in [0.15, 0.2) is 12.1 Å². The molecular formula is C16H15F4NO3. The summed E-state index contributed by atoms with van der Waals surface area (Å²) in [4.78, 5) is 23.0. The van der Waals surface area contributed by atoms with Crippen molar-refractivity contribution in [2.75, 3.05) is 18.6 Å². The Kier molecular flexibility index (Phi) is 6.77. The van der Waals surface area contributed by atoms with Crippen LogP contribution in [-0.4, -0.2) is 32.0 Å². The van der Waals surface area contributed by atoms with Crippen molar-refractivity contribution in [1.82, 2.24) is 0 Å². The Morgan fingerprint density at radius 2 is 2.00 bits per heavy atom. The van der Waals surface area contributed by atoms with Gasteiger partial charge in [0, 0.05) is 6.42 Å². The number of carbonyl (C=O) groups is 2. The molecule has 1 aromatic carbocycles. The van der Waals surface area contributed by atoms with Crippen LogP contribution >= 0.6 is 0 Å². The Labute approximate surface area is 136 Å². The first-order valence-electron chi connectivity index (χ1n) is 6.94. The third-order valence-corrected chi connectivity index (χ3v) is 2.96. The highest BCUT2D eigenvalue weighted by Crippen LogP contribution is 2.33. The minimum absolute atomic E-state index is 0.101. The van der Waals surface area contributed by atoms with Crippen molar-refractivity contribution in [3.63, 3.8) is 0 Å². The first kappa shape index (κ1) is 19.5. The number of hydrogen-bond acceptors (Lipinski definition) is 3. The first-order valence-corrected chi connectivity index (χ1v) is 6.94. The monoisotopic (exact) mass is 345 g/mol. The Bertz CT molecular complexity index is 674. The van der Waals surface area contributed by atoms with Gasteiger partial charge in [-0.1, -0.05) is 12.8 Å². The van der Waals surface area contributed by atoms with E-state index in [1.807, 2.05) is 6.92 Å². The number of amides is 1. The standard InChI is InChI=1S/C16H15F4NO3/c1-3-4-5-6-9-21(15(23)16(18,19)20)14-11(10-22)13(24-2)8-7-12(14)17/h7-8,10H,3-4,9H2,1-2H3. The minimum Gasteiger partial charge on any atom is -0.496 e. The van der Waals surface area contributed by atoms with Gasteiger partial charge in [0.15, 0.2) is 6.29 Å². The molecular weight excluding hydrogens is 330 g/mol. The van der Waals surface area contributed by atoms with Gasteiger partial charge in [-0.05, 0) is 18.6 Å². The maximum atomic E-state index is 14.1. The van der Waals surface area contributed by atoms with Crippen LogP contribution in [0.25, 0.3) is 0 Å². The summed E-state index contributed by atoms with van der Waals surface area (Å²) in [7, 11) is 1.17. The second-order valence-electron chi connectivity index (χ2n) is 4.62. The zero-order valence-corrected chi connectivity index (χ0v) is 13.0. The fraction of sp³-hybridized carbons (Fsp3) is 0.375. The van der Waals surface area contributed by atoms with Crippen molar-refractivity contribution in [3.8, 4) is 17.6 Å². The molecule has 0 unspecified atom stereocenters. The molecule has 0 aliphatic carbocycles. The molecule has 8 heteroatoms. The summed E-state index contributed by atoms with van der Waals surface area (Å²) in [5, 5.41) is 0. The van der Waals surface area contributed by atoms with Crippen LogP contribution in [0.3, 0.4) is 0 Å². The van der Waals surface area contributed by atoms with Gasteiger partial charge >= 0.3 is 12.1 Å². The fourth-order valence-electron chi connectivity index (χ4n) is 1.88. The Morgan fingerprint density at radius 1 is 1.33 bits per heavy atom. The lowest BCUT2D eigenvalue weighted by molar-refractivity contribution is -0.170. The topological polar surface area (TPSA) is 46.6 Å². The molecule has 0 aromatic heterocycles. The summed E-state index contributed by atoms with van der Waals surface area (Å²) in [6.45, 7) is 1.11. The average molecular weight is 345 g/mol. The predicted molar refractivity (Wildman–Crippen MR) is 79.4 cm³/mol. The summed E-state index contributed by atoms with van der Waals surface area (Å²) < 4.78 is 57.4. The van der Waals surface area contributed by atoms with Gasteiger partial charge in [0.2, 0.25) is 0 Å². The highest BCUT2D eigenvalue weighted by Gasteiger charge is 2.44. The summed E-state index contributed by atoms with van der Waals surface area (Å²) in [5.41, 5.74) is -1.30. The highest BCUT2D eigenvalue weighted by molar-refractivity contribution is 6.02. The van der Waals surface area contributed by atoms with Crippen LogP contribution < -0.4 is 9.64 Å². The number of anilines is 1. The Hall–Kier alpha value is -2.56. The lowest BCUT2D eigenvalue weighted by atomic mass is 10.1. The van der Waals surface area contributed by atoms with Crippen molar-refractivity contribution in [2.45, 2.75) is 25.9 Å². The number of unbranched alkanes of at least 4 members (excludes halogenated alkanes) is 1. The van der Waals surface area contributed by atoms with E-state index in [-0.39, 0.29) is 16.9 Å². The van der Waals surface area contributed by atoms with Gasteiger partial charge in [0.25, 0.3) is 0 Å². The number of aldehydes is 1. The summed E-state index contributed by atoms with van der Waals surface area (Å²) in [5.74, 6) is 1.33. The molecule has 0 heterocycles. The third-order valence-electron chi connectivity index (χ3n) is 2.96. The van der Waals surface area contributed by atoms with Crippen molar-refractivity contribution in [3.05, 3.63) is 23.5 Å². The van der Waals surface area contributed by atoms with Crippen LogP contribution in [0.4, 0.5) is 23.2 Å². The van der Waals surface area contributed by atoms with Gasteiger partial charge in [-0.25, -0.2) is 4.39 Å². The number of rotatable bonds is 5. The number of carbonyl (C=O) groups excluding carboxylic acids is 2. The van der Waals surface area contributed by atoms with Gasteiger partial charge in [-0.15, -0.1) is 5.92 Å². The first-order chi connectivity index (χ1) is 11.3. The van der Waals surface area contributed by atoms with E-state index in [0.717, 1.165) is 12.1 Å². The van der Waals surface area contributed by atoms with E-state index in [1.54, 1.807) is 0 Å². The molecule has 1 aromatic rings. The average Bonchev–Trinajstić information content (AvgIpc) is 2.54. The number of nitrogens with zero attached hydrogens (tertiary/aromatic N) is 1. The number of ether oxygens (including phenoxy) is 1. The Balaban J connectivity index is 3.47. The molecule has 4 nitrogen and oxygen atoms in total. The van der Waals surface area contributed by atoms with Gasteiger partial charge < -0.3 is 4.74 Å². The normalized spacial score (nSPS) is 10.6. The molecule has 0 N–H and O–H groups in total. The predicted octanol–water partition coefficient (Wildman–Crippen LogP) is 3.35. The van der Waals surface area contributed by atoms with Crippen molar-refractivity contribution >= 4 is 17.9 Å². The maximum Gasteiger partial charge on any atom is 0.471 e. The number of halogens is 4. The molecule has 1 amide bonds. The van der Waals surface area contributed by atoms with Crippen LogP contribution in [0.5, 0.6) is 5.75 Å². The molecule has 0 fully saturated rings. The second kappa shape index (κ2) is 8.34. The zero-order valence-electron chi connectivity index (χ0n) is 13.0. The van der Waals surface area contributed by atoms with Crippen LogP contribution in [-0.2, 0) is 4.79 Å². The SMILES string of the molecule is CCCC#CCN(C(=O)C(F)(F)F)c1c(F)ccc(OC)c1C=O. The van der Waals surface area contributed by atoms with E-state index in [0.29, 0.717) is 12.8 Å². The molecule has 1 rings (SSSR count). The molecule has 0 atom stereocenters.